The lowest BCUT2D eigenvalue weighted by Gasteiger charge is -2.07. The second-order valence-corrected chi connectivity index (χ2v) is 7.69. The molecule has 0 saturated carbocycles. The topological polar surface area (TPSA) is 68.9 Å². The number of hydrogen-bond acceptors (Lipinski definition) is 3. The number of aromatic nitrogens is 3. The van der Waals surface area contributed by atoms with Crippen LogP contribution in [0.1, 0.15) is 32.6 Å². The molecule has 6 nitrogen and oxygen atoms in total. The molecule has 0 spiro atoms. The van der Waals surface area contributed by atoms with Crippen LogP contribution in [0.3, 0.4) is 0 Å². The molecule has 1 N–H and O–H groups in total. The Morgan fingerprint density at radius 1 is 1.03 bits per heavy atom. The van der Waals surface area contributed by atoms with E-state index in [1.54, 1.807) is 33.8 Å². The fraction of sp³-hybridized carbons (Fsp3) is 0.160. The number of pyridine rings is 1. The van der Waals surface area contributed by atoms with E-state index >= 15 is 0 Å². The fourth-order valence-corrected chi connectivity index (χ4v) is 3.37. The van der Waals surface area contributed by atoms with E-state index in [1.165, 1.54) is 18.3 Å². The lowest BCUT2D eigenvalue weighted by Crippen LogP contribution is -2.23. The first-order valence-electron chi connectivity index (χ1n) is 10.3. The van der Waals surface area contributed by atoms with E-state index in [4.69, 9.17) is 0 Å². The minimum Gasteiger partial charge on any atom is -0.348 e. The van der Waals surface area contributed by atoms with Crippen molar-refractivity contribution in [3.8, 4) is 0 Å². The van der Waals surface area contributed by atoms with Crippen molar-refractivity contribution in [1.82, 2.24) is 19.7 Å². The maximum Gasteiger partial charge on any atom is 0.254 e. The molecule has 0 atom stereocenters. The van der Waals surface area contributed by atoms with Gasteiger partial charge in [-0.3, -0.25) is 14.3 Å². The Morgan fingerprint density at radius 2 is 1.78 bits per heavy atom. The summed E-state index contributed by atoms with van der Waals surface area (Å²) < 4.78 is 17.3. The molecule has 4 rings (SSSR count). The summed E-state index contributed by atoms with van der Waals surface area (Å²) in [4.78, 5) is 24.2. The summed E-state index contributed by atoms with van der Waals surface area (Å²) in [5, 5.41) is 6.98. The summed E-state index contributed by atoms with van der Waals surface area (Å²) in [6.45, 7) is 2.94. The number of rotatable bonds is 7. The first kappa shape index (κ1) is 21.2. The monoisotopic (exact) mass is 430 g/mol. The van der Waals surface area contributed by atoms with Crippen molar-refractivity contribution >= 4 is 5.91 Å². The van der Waals surface area contributed by atoms with Gasteiger partial charge in [0.05, 0.1) is 24.8 Å². The van der Waals surface area contributed by atoms with E-state index in [0.29, 0.717) is 24.2 Å². The quantitative estimate of drug-likeness (QED) is 0.488. The molecule has 0 fully saturated rings. The number of nitrogens with one attached hydrogen (secondary N) is 1. The average Bonchev–Trinajstić information content (AvgIpc) is 3.24. The van der Waals surface area contributed by atoms with E-state index in [9.17, 15) is 14.0 Å². The van der Waals surface area contributed by atoms with Gasteiger partial charge in [-0.05, 0) is 35.7 Å². The van der Waals surface area contributed by atoms with Gasteiger partial charge < -0.3 is 9.88 Å². The molecule has 32 heavy (non-hydrogen) atoms. The number of benzene rings is 2. The van der Waals surface area contributed by atoms with Gasteiger partial charge in [-0.15, -0.1) is 0 Å². The first-order chi connectivity index (χ1) is 15.5. The molecule has 1 amide bonds. The molecule has 0 unspecified atom stereocenters. The highest BCUT2D eigenvalue weighted by Gasteiger charge is 2.10. The van der Waals surface area contributed by atoms with Crippen molar-refractivity contribution in [2.24, 2.45) is 0 Å². The smallest absolute Gasteiger partial charge is 0.254 e. The Hall–Kier alpha value is -4.00. The number of halogens is 1. The van der Waals surface area contributed by atoms with E-state index in [2.05, 4.69) is 10.4 Å². The van der Waals surface area contributed by atoms with Crippen LogP contribution in [0.2, 0.25) is 0 Å². The van der Waals surface area contributed by atoms with Crippen molar-refractivity contribution < 1.29 is 9.18 Å². The molecule has 0 radical (unpaired) electrons. The summed E-state index contributed by atoms with van der Waals surface area (Å²) >= 11 is 0. The van der Waals surface area contributed by atoms with Crippen LogP contribution in [0.25, 0.3) is 0 Å². The summed E-state index contributed by atoms with van der Waals surface area (Å²) in [6.07, 6.45) is 4.93. The van der Waals surface area contributed by atoms with Gasteiger partial charge >= 0.3 is 0 Å². The molecule has 0 saturated heterocycles. The van der Waals surface area contributed by atoms with Crippen LogP contribution in [0.5, 0.6) is 0 Å². The van der Waals surface area contributed by atoms with Gasteiger partial charge in [0.15, 0.2) is 0 Å². The van der Waals surface area contributed by atoms with Crippen LogP contribution in [0.15, 0.2) is 84.0 Å². The summed E-state index contributed by atoms with van der Waals surface area (Å²) in [6, 6.07) is 17.9. The van der Waals surface area contributed by atoms with E-state index < -0.39 is 0 Å². The largest absolute Gasteiger partial charge is 0.348 e. The Labute approximate surface area is 185 Å². The average molecular weight is 430 g/mol. The Balaban J connectivity index is 1.35. The Bertz CT molecular complexity index is 1290. The maximum absolute atomic E-state index is 13.9. The zero-order chi connectivity index (χ0) is 22.5. The third kappa shape index (κ3) is 5.18. The zero-order valence-corrected chi connectivity index (χ0v) is 17.7. The molecule has 162 valence electrons. The highest BCUT2D eigenvalue weighted by atomic mass is 19.1. The SMILES string of the molecule is Cc1ccc(CNC(=O)c2cnn(Cc3ccc(Cn4ccccc4=O)cc3)c2)c(F)c1. The number of carbonyl (C=O) groups excluding carboxylic acids is 1. The molecule has 0 bridgehead atoms. The van der Waals surface area contributed by atoms with Gasteiger partial charge in [-0.25, -0.2) is 4.39 Å². The van der Waals surface area contributed by atoms with E-state index in [0.717, 1.165) is 16.7 Å². The predicted molar refractivity (Wildman–Crippen MR) is 120 cm³/mol. The van der Waals surface area contributed by atoms with Crippen molar-refractivity contribution in [2.75, 3.05) is 0 Å². The van der Waals surface area contributed by atoms with E-state index in [1.807, 2.05) is 43.3 Å². The third-order valence-corrected chi connectivity index (χ3v) is 5.16. The number of amides is 1. The Morgan fingerprint density at radius 3 is 2.50 bits per heavy atom. The third-order valence-electron chi connectivity index (χ3n) is 5.16. The summed E-state index contributed by atoms with van der Waals surface area (Å²) in [5.41, 5.74) is 3.69. The molecule has 4 aromatic rings. The van der Waals surface area contributed by atoms with Crippen LogP contribution in [-0.4, -0.2) is 20.3 Å². The predicted octanol–water partition coefficient (Wildman–Crippen LogP) is 3.52. The standard InChI is InChI=1S/C25H23FN4O2/c1-18-5-10-21(23(26)12-18)13-27-25(32)22-14-28-30(17-22)16-20-8-6-19(7-9-20)15-29-11-3-2-4-24(29)31/h2-12,14,17H,13,15-16H2,1H3,(H,27,32). The minimum atomic E-state index is -0.332. The summed E-state index contributed by atoms with van der Waals surface area (Å²) in [7, 11) is 0. The molecule has 0 aliphatic rings. The second kappa shape index (κ2) is 9.43. The van der Waals surface area contributed by atoms with Crippen LogP contribution >= 0.6 is 0 Å². The maximum atomic E-state index is 13.9. The highest BCUT2D eigenvalue weighted by molar-refractivity contribution is 5.93. The number of nitrogens with zero attached hydrogens (tertiary/aromatic N) is 3. The zero-order valence-electron chi connectivity index (χ0n) is 17.7. The van der Waals surface area contributed by atoms with Crippen LogP contribution in [0, 0.1) is 12.7 Å². The van der Waals surface area contributed by atoms with Gasteiger partial charge in [0, 0.05) is 30.6 Å². The summed E-state index contributed by atoms with van der Waals surface area (Å²) in [5.74, 6) is -0.638. The van der Waals surface area contributed by atoms with Gasteiger partial charge in [-0.1, -0.05) is 42.5 Å². The van der Waals surface area contributed by atoms with E-state index in [-0.39, 0.29) is 23.8 Å². The lowest BCUT2D eigenvalue weighted by atomic mass is 10.1. The van der Waals surface area contributed by atoms with Crippen LogP contribution < -0.4 is 10.9 Å². The van der Waals surface area contributed by atoms with Crippen LogP contribution in [0.4, 0.5) is 4.39 Å². The molecule has 2 aromatic carbocycles. The number of hydrogen-bond donors (Lipinski definition) is 1. The van der Waals surface area contributed by atoms with Crippen LogP contribution in [-0.2, 0) is 19.6 Å². The normalized spacial score (nSPS) is 10.8. The lowest BCUT2D eigenvalue weighted by molar-refractivity contribution is 0.0950. The van der Waals surface area contributed by atoms with Crippen molar-refractivity contribution in [3.63, 3.8) is 0 Å². The Kier molecular flexibility index (Phi) is 6.26. The molecule has 0 aliphatic carbocycles. The molecular formula is C25H23FN4O2. The minimum absolute atomic E-state index is 0.0379. The molecule has 2 aromatic heterocycles. The number of aryl methyl sites for hydroxylation is 1. The molecule has 0 aliphatic heterocycles. The van der Waals surface area contributed by atoms with Gasteiger partial charge in [-0.2, -0.15) is 5.10 Å². The molecule has 2 heterocycles. The van der Waals surface area contributed by atoms with Crippen molar-refractivity contribution in [2.45, 2.75) is 26.6 Å². The van der Waals surface area contributed by atoms with Crippen molar-refractivity contribution in [3.05, 3.63) is 123 Å². The molecular weight excluding hydrogens is 407 g/mol. The number of carbonyl (C=O) groups is 1. The van der Waals surface area contributed by atoms with Gasteiger partial charge in [0.2, 0.25) is 0 Å². The molecule has 7 heteroatoms. The van der Waals surface area contributed by atoms with Crippen molar-refractivity contribution in [1.29, 1.82) is 0 Å². The highest BCUT2D eigenvalue weighted by Crippen LogP contribution is 2.11. The fourth-order valence-electron chi connectivity index (χ4n) is 3.37. The first-order valence-corrected chi connectivity index (χ1v) is 10.3. The van der Waals surface area contributed by atoms with Gasteiger partial charge in [0.25, 0.3) is 11.5 Å². The second-order valence-electron chi connectivity index (χ2n) is 7.69. The van der Waals surface area contributed by atoms with Gasteiger partial charge in [0.1, 0.15) is 5.82 Å².